The Kier molecular flexibility index (Phi) is 8.24. The van der Waals surface area contributed by atoms with Crippen LogP contribution in [0.25, 0.3) is 17.1 Å². The zero-order valence-electron chi connectivity index (χ0n) is 21.9. The molecule has 0 fully saturated rings. The number of amides is 1. The Morgan fingerprint density at radius 2 is 1.70 bits per heavy atom. The van der Waals surface area contributed by atoms with Crippen LogP contribution in [-0.2, 0) is 13.6 Å². The molecular weight excluding hydrogens is 534 g/mol. The standard InChI is InChI=1S/C27H25F4N5O4/c1-34(2)14-16-6-5-7-21(32-16)36-26(38)23(33-25(37)15-8-10-17(11-9-15)40-27(30)31)24(35(36)3)22-19(28)12-18(39-4)13-20(22)29/h5-13,27H,14H2,1-4H3,(H,33,37). The average Bonchev–Trinajstić information content (AvgIpc) is 3.12. The molecular formula is C27H25F4N5O4. The van der Waals surface area contributed by atoms with Crippen molar-refractivity contribution in [3.8, 4) is 28.6 Å². The van der Waals surface area contributed by atoms with E-state index >= 15 is 8.78 Å². The molecule has 1 amide bonds. The van der Waals surface area contributed by atoms with Gasteiger partial charge < -0.3 is 19.7 Å². The zero-order chi connectivity index (χ0) is 29.1. The van der Waals surface area contributed by atoms with Crippen molar-refractivity contribution in [2.45, 2.75) is 13.2 Å². The van der Waals surface area contributed by atoms with Crippen LogP contribution >= 0.6 is 0 Å². The predicted octanol–water partition coefficient (Wildman–Crippen LogP) is 4.44. The number of carbonyl (C=O) groups is 1. The number of nitrogens with one attached hydrogen (secondary N) is 1. The third-order valence-electron chi connectivity index (χ3n) is 5.82. The first-order valence-corrected chi connectivity index (χ1v) is 11.8. The van der Waals surface area contributed by atoms with Gasteiger partial charge >= 0.3 is 6.61 Å². The molecule has 0 saturated carbocycles. The number of methoxy groups -OCH3 is 1. The van der Waals surface area contributed by atoms with Gasteiger partial charge in [-0.1, -0.05) is 6.07 Å². The van der Waals surface area contributed by atoms with Crippen molar-refractivity contribution in [2.75, 3.05) is 26.5 Å². The lowest BCUT2D eigenvalue weighted by Crippen LogP contribution is -2.24. The smallest absolute Gasteiger partial charge is 0.387 e. The van der Waals surface area contributed by atoms with Crippen molar-refractivity contribution in [1.82, 2.24) is 19.2 Å². The highest BCUT2D eigenvalue weighted by Gasteiger charge is 2.28. The number of aromatic nitrogens is 3. The number of carbonyl (C=O) groups excluding carboxylic acids is 1. The maximum Gasteiger partial charge on any atom is 0.387 e. The minimum Gasteiger partial charge on any atom is -0.497 e. The Hall–Kier alpha value is -4.65. The lowest BCUT2D eigenvalue weighted by atomic mass is 10.1. The molecule has 0 unspecified atom stereocenters. The third-order valence-corrected chi connectivity index (χ3v) is 5.82. The van der Waals surface area contributed by atoms with Crippen LogP contribution in [0, 0.1) is 11.6 Å². The summed E-state index contributed by atoms with van der Waals surface area (Å²) in [4.78, 5) is 33.2. The van der Waals surface area contributed by atoms with E-state index in [4.69, 9.17) is 4.74 Å². The van der Waals surface area contributed by atoms with E-state index in [0.717, 1.165) is 28.9 Å². The minimum absolute atomic E-state index is 0.0239. The van der Waals surface area contributed by atoms with Gasteiger partial charge in [0.05, 0.1) is 18.4 Å². The van der Waals surface area contributed by atoms with Gasteiger partial charge in [-0.2, -0.15) is 13.5 Å². The molecule has 2 heterocycles. The van der Waals surface area contributed by atoms with Gasteiger partial charge in [0.1, 0.15) is 34.5 Å². The Bertz CT molecular complexity index is 1580. The maximum atomic E-state index is 15.2. The first-order chi connectivity index (χ1) is 19.0. The number of benzene rings is 2. The normalized spacial score (nSPS) is 11.2. The van der Waals surface area contributed by atoms with Crippen LogP contribution in [0.1, 0.15) is 16.1 Å². The molecule has 4 aromatic rings. The summed E-state index contributed by atoms with van der Waals surface area (Å²) in [6, 6.07) is 11.6. The second-order valence-corrected chi connectivity index (χ2v) is 8.91. The fourth-order valence-corrected chi connectivity index (χ4v) is 4.13. The van der Waals surface area contributed by atoms with Crippen molar-refractivity contribution in [1.29, 1.82) is 0 Å². The van der Waals surface area contributed by atoms with Crippen LogP contribution in [-0.4, -0.2) is 53.0 Å². The third kappa shape index (κ3) is 5.83. The molecule has 0 atom stereocenters. The molecule has 1 N–H and O–H groups in total. The molecule has 0 radical (unpaired) electrons. The van der Waals surface area contributed by atoms with Crippen LogP contribution in [0.2, 0.25) is 0 Å². The number of nitrogens with zero attached hydrogens (tertiary/aromatic N) is 4. The quantitative estimate of drug-likeness (QED) is 0.305. The summed E-state index contributed by atoms with van der Waals surface area (Å²) in [7, 11) is 6.33. The molecule has 0 aliphatic rings. The lowest BCUT2D eigenvalue weighted by molar-refractivity contribution is -0.0498. The van der Waals surface area contributed by atoms with E-state index in [-0.39, 0.29) is 28.6 Å². The van der Waals surface area contributed by atoms with Gasteiger partial charge in [-0.05, 0) is 50.5 Å². The van der Waals surface area contributed by atoms with Crippen molar-refractivity contribution in [3.63, 3.8) is 0 Å². The fourth-order valence-electron chi connectivity index (χ4n) is 4.13. The predicted molar refractivity (Wildman–Crippen MR) is 139 cm³/mol. The molecule has 9 nitrogen and oxygen atoms in total. The number of anilines is 1. The number of halogens is 4. The summed E-state index contributed by atoms with van der Waals surface area (Å²) in [5, 5.41) is 2.43. The van der Waals surface area contributed by atoms with E-state index in [9.17, 15) is 18.4 Å². The van der Waals surface area contributed by atoms with Gasteiger partial charge in [0.2, 0.25) is 0 Å². The van der Waals surface area contributed by atoms with Crippen LogP contribution < -0.4 is 20.3 Å². The van der Waals surface area contributed by atoms with E-state index in [1.165, 1.54) is 31.0 Å². The molecule has 4 rings (SSSR count). The summed E-state index contributed by atoms with van der Waals surface area (Å²) in [5.41, 5.74) is -1.50. The monoisotopic (exact) mass is 559 g/mol. The molecule has 0 saturated heterocycles. The van der Waals surface area contributed by atoms with Gasteiger partial charge in [-0.15, -0.1) is 0 Å². The summed E-state index contributed by atoms with van der Waals surface area (Å²) in [5.74, 6) is -3.02. The molecule has 40 heavy (non-hydrogen) atoms. The molecule has 2 aromatic heterocycles. The first-order valence-electron chi connectivity index (χ1n) is 11.8. The van der Waals surface area contributed by atoms with Gasteiger partial charge in [-0.25, -0.2) is 13.8 Å². The van der Waals surface area contributed by atoms with Gasteiger partial charge in [-0.3, -0.25) is 14.3 Å². The Morgan fingerprint density at radius 1 is 1.05 bits per heavy atom. The van der Waals surface area contributed by atoms with Gasteiger partial charge in [0, 0.05) is 31.3 Å². The fraction of sp³-hybridized carbons (Fsp3) is 0.222. The summed E-state index contributed by atoms with van der Waals surface area (Å²) < 4.78 is 66.9. The van der Waals surface area contributed by atoms with E-state index < -0.39 is 41.0 Å². The number of hydrogen-bond donors (Lipinski definition) is 1. The number of ether oxygens (including phenoxy) is 2. The lowest BCUT2D eigenvalue weighted by Gasteiger charge is -2.14. The highest BCUT2D eigenvalue weighted by molar-refractivity contribution is 6.06. The van der Waals surface area contributed by atoms with Crippen LogP contribution in [0.5, 0.6) is 11.5 Å². The summed E-state index contributed by atoms with van der Waals surface area (Å²) in [6.07, 6.45) is 0. The maximum absolute atomic E-state index is 15.2. The second kappa shape index (κ2) is 11.6. The molecule has 13 heteroatoms. The van der Waals surface area contributed by atoms with Crippen molar-refractivity contribution in [3.05, 3.63) is 87.8 Å². The van der Waals surface area contributed by atoms with E-state index in [1.54, 1.807) is 18.2 Å². The zero-order valence-corrected chi connectivity index (χ0v) is 21.9. The van der Waals surface area contributed by atoms with E-state index in [1.807, 2.05) is 19.0 Å². The highest BCUT2D eigenvalue weighted by Crippen LogP contribution is 2.34. The molecule has 0 aliphatic carbocycles. The average molecular weight is 560 g/mol. The molecule has 2 aromatic carbocycles. The van der Waals surface area contributed by atoms with E-state index in [2.05, 4.69) is 15.0 Å². The van der Waals surface area contributed by atoms with E-state index in [0.29, 0.717) is 12.2 Å². The highest BCUT2D eigenvalue weighted by atomic mass is 19.3. The van der Waals surface area contributed by atoms with Crippen molar-refractivity contribution in [2.24, 2.45) is 7.05 Å². The minimum atomic E-state index is -3.05. The molecule has 0 spiro atoms. The number of rotatable bonds is 9. The Labute approximate surface area is 226 Å². The molecule has 0 bridgehead atoms. The van der Waals surface area contributed by atoms with Crippen molar-refractivity contribution < 1.29 is 31.8 Å². The second-order valence-electron chi connectivity index (χ2n) is 8.91. The molecule has 210 valence electrons. The number of alkyl halides is 2. The first kappa shape index (κ1) is 28.4. The largest absolute Gasteiger partial charge is 0.497 e. The Balaban J connectivity index is 1.87. The van der Waals surface area contributed by atoms with Crippen molar-refractivity contribution >= 4 is 11.6 Å². The number of pyridine rings is 1. The Morgan fingerprint density at radius 3 is 2.27 bits per heavy atom. The topological polar surface area (TPSA) is 90.6 Å². The summed E-state index contributed by atoms with van der Waals surface area (Å²) in [6.45, 7) is -2.60. The number of hydrogen-bond acceptors (Lipinski definition) is 6. The van der Waals surface area contributed by atoms with Crippen LogP contribution in [0.3, 0.4) is 0 Å². The summed E-state index contributed by atoms with van der Waals surface area (Å²) >= 11 is 0. The van der Waals surface area contributed by atoms with Crippen LogP contribution in [0.4, 0.5) is 23.2 Å². The van der Waals surface area contributed by atoms with Crippen LogP contribution in [0.15, 0.2) is 59.4 Å². The van der Waals surface area contributed by atoms with Gasteiger partial charge in [0.25, 0.3) is 11.5 Å². The van der Waals surface area contributed by atoms with Gasteiger partial charge in [0.15, 0.2) is 5.82 Å². The SMILES string of the molecule is COc1cc(F)c(-c2c(NC(=O)c3ccc(OC(F)F)cc3)c(=O)n(-c3cccc(CN(C)C)n3)n2C)c(F)c1. The molecule has 0 aliphatic heterocycles.